The molecule has 3 aromatic heterocycles. The topological polar surface area (TPSA) is 30.5 Å². The fourth-order valence-corrected chi connectivity index (χ4v) is 14.2. The summed E-state index contributed by atoms with van der Waals surface area (Å²) in [5, 5.41) is 3.94. The lowest BCUT2D eigenvalue weighted by atomic mass is 9.81. The van der Waals surface area contributed by atoms with E-state index in [0.29, 0.717) is 13.2 Å². The number of thiophene rings is 3. The van der Waals surface area contributed by atoms with Crippen LogP contribution >= 0.6 is 34.0 Å². The molecular formula is C58H57NO2S3. The second kappa shape index (κ2) is 16.0. The van der Waals surface area contributed by atoms with Crippen molar-refractivity contribution in [2.24, 2.45) is 5.41 Å². The molecule has 1 fully saturated rings. The number of rotatable bonds is 11. The Bertz CT molecular complexity index is 3040. The molecule has 1 aliphatic heterocycles. The molecule has 0 bridgehead atoms. The van der Waals surface area contributed by atoms with Gasteiger partial charge in [-0.25, -0.2) is 0 Å². The molecule has 1 saturated heterocycles. The fourth-order valence-electron chi connectivity index (χ4n) is 10.6. The molecular weight excluding hydrogens is 839 g/mol. The fraction of sp³-hybridized carbons (Fsp3) is 0.310. The van der Waals surface area contributed by atoms with Gasteiger partial charge in [-0.05, 0) is 128 Å². The smallest absolute Gasteiger partial charge is 0.193 e. The highest BCUT2D eigenvalue weighted by Gasteiger charge is 2.38. The van der Waals surface area contributed by atoms with E-state index in [1.165, 1.54) is 121 Å². The zero-order chi connectivity index (χ0) is 44.0. The molecule has 0 unspecified atom stereocenters. The summed E-state index contributed by atoms with van der Waals surface area (Å²) in [6.45, 7) is 17.6. The lowest BCUT2D eigenvalue weighted by Gasteiger charge is -2.34. The van der Waals surface area contributed by atoms with Crippen molar-refractivity contribution < 1.29 is 9.47 Å². The van der Waals surface area contributed by atoms with E-state index in [1.807, 2.05) is 34.0 Å². The number of unbranched alkanes of at least 4 members (excludes halogenated alkanes) is 3. The van der Waals surface area contributed by atoms with Gasteiger partial charge in [0.05, 0.1) is 18.1 Å². The highest BCUT2D eigenvalue weighted by Crippen LogP contribution is 2.55. The Hall–Kier alpha value is -4.82. The molecule has 3 nitrogen and oxygen atoms in total. The summed E-state index contributed by atoms with van der Waals surface area (Å²) in [5.41, 5.74) is 18.3. The van der Waals surface area contributed by atoms with E-state index in [4.69, 9.17) is 9.47 Å². The third-order valence-corrected chi connectivity index (χ3v) is 17.8. The van der Waals surface area contributed by atoms with Crippen LogP contribution in [0.15, 0.2) is 121 Å². The monoisotopic (exact) mass is 895 g/mol. The van der Waals surface area contributed by atoms with E-state index in [1.54, 1.807) is 0 Å². The number of benzene rings is 5. The third-order valence-electron chi connectivity index (χ3n) is 14.1. The average Bonchev–Trinajstić information content (AvgIpc) is 4.09. The first kappa shape index (κ1) is 41.9. The molecule has 64 heavy (non-hydrogen) atoms. The van der Waals surface area contributed by atoms with Gasteiger partial charge in [-0.1, -0.05) is 141 Å². The van der Waals surface area contributed by atoms with Crippen molar-refractivity contribution in [3.63, 3.8) is 0 Å². The van der Waals surface area contributed by atoms with Gasteiger partial charge in [0.25, 0.3) is 0 Å². The average molecular weight is 896 g/mol. The summed E-state index contributed by atoms with van der Waals surface area (Å²) in [5.74, 6) is 0. The van der Waals surface area contributed by atoms with Crippen LogP contribution in [-0.2, 0) is 26.7 Å². The van der Waals surface area contributed by atoms with Crippen LogP contribution in [0.2, 0.25) is 0 Å². The summed E-state index contributed by atoms with van der Waals surface area (Å²) >= 11 is 5.67. The molecule has 0 radical (unpaired) electrons. The Kier molecular flexibility index (Phi) is 10.4. The van der Waals surface area contributed by atoms with Gasteiger partial charge in [-0.15, -0.1) is 34.0 Å². The van der Waals surface area contributed by atoms with E-state index in [-0.39, 0.29) is 22.5 Å². The summed E-state index contributed by atoms with van der Waals surface area (Å²) in [4.78, 5) is 5.26. The number of hydrogen-bond donors (Lipinski definition) is 1. The first-order valence-corrected chi connectivity index (χ1v) is 25.6. The normalized spacial score (nSPS) is 16.7. The lowest BCUT2D eigenvalue weighted by molar-refractivity contribution is -0.224. The number of anilines is 2. The number of ether oxygens (including phenoxy) is 2. The third kappa shape index (κ3) is 7.21. The molecule has 4 heterocycles. The largest absolute Gasteiger partial charge is 0.355 e. The van der Waals surface area contributed by atoms with Gasteiger partial charge in [0.1, 0.15) is 0 Å². The maximum Gasteiger partial charge on any atom is 0.193 e. The molecule has 0 spiro atoms. The van der Waals surface area contributed by atoms with Crippen LogP contribution in [0.3, 0.4) is 0 Å². The van der Waals surface area contributed by atoms with Gasteiger partial charge in [-0.2, -0.15) is 0 Å². The van der Waals surface area contributed by atoms with Gasteiger partial charge in [0.2, 0.25) is 0 Å². The van der Waals surface area contributed by atoms with Gasteiger partial charge >= 0.3 is 0 Å². The van der Waals surface area contributed by atoms with E-state index in [9.17, 15) is 0 Å². The summed E-state index contributed by atoms with van der Waals surface area (Å²) in [7, 11) is 0. The van der Waals surface area contributed by atoms with Crippen LogP contribution < -0.4 is 5.32 Å². The van der Waals surface area contributed by atoms with E-state index >= 15 is 0 Å². The van der Waals surface area contributed by atoms with Crippen LogP contribution in [0, 0.1) is 5.41 Å². The molecule has 0 saturated carbocycles. The number of aryl methyl sites for hydroxylation is 1. The maximum absolute atomic E-state index is 6.17. The zero-order valence-corrected chi connectivity index (χ0v) is 40.6. The highest BCUT2D eigenvalue weighted by atomic mass is 32.1. The Balaban J connectivity index is 0.973. The van der Waals surface area contributed by atoms with E-state index < -0.39 is 0 Å². The Morgan fingerprint density at radius 2 is 1.22 bits per heavy atom. The van der Waals surface area contributed by atoms with Crippen molar-refractivity contribution in [2.75, 3.05) is 18.5 Å². The van der Waals surface area contributed by atoms with Crippen LogP contribution in [-0.4, -0.2) is 13.2 Å². The molecule has 8 aromatic rings. The SMILES string of the molecule is CCCCCCc1cc(-c2cc3sc(C4OCC(C)(C)CO4)cc3s2)sc1-c1cccc(-c2cc(Nc3ccc4c(c3)C(C)(C)c3ccccc3-4)cc3c2-c2ccccc2C3(C)C)c1. The Morgan fingerprint density at radius 1 is 0.547 bits per heavy atom. The number of hydrogen-bond acceptors (Lipinski definition) is 6. The molecule has 11 rings (SSSR count). The minimum Gasteiger partial charge on any atom is -0.355 e. The summed E-state index contributed by atoms with van der Waals surface area (Å²) in [6, 6.07) is 46.3. The second-order valence-corrected chi connectivity index (χ2v) is 23.4. The number of nitrogens with one attached hydrogen (secondary N) is 1. The Morgan fingerprint density at radius 3 is 2.00 bits per heavy atom. The molecule has 2 aliphatic carbocycles. The van der Waals surface area contributed by atoms with Crippen LogP contribution in [0.5, 0.6) is 0 Å². The van der Waals surface area contributed by atoms with Crippen LogP contribution in [0.25, 0.3) is 63.0 Å². The highest BCUT2D eigenvalue weighted by molar-refractivity contribution is 7.31. The van der Waals surface area contributed by atoms with Crippen molar-refractivity contribution in [1.29, 1.82) is 0 Å². The molecule has 324 valence electrons. The first-order chi connectivity index (χ1) is 30.9. The van der Waals surface area contributed by atoms with Crippen molar-refractivity contribution >= 4 is 54.8 Å². The van der Waals surface area contributed by atoms with E-state index in [0.717, 1.165) is 17.8 Å². The number of fused-ring (bicyclic) bond motifs is 7. The van der Waals surface area contributed by atoms with Gasteiger partial charge < -0.3 is 14.8 Å². The Labute approximate surface area is 391 Å². The van der Waals surface area contributed by atoms with Crippen molar-refractivity contribution in [3.8, 4) is 53.6 Å². The van der Waals surface area contributed by atoms with Crippen molar-refractivity contribution in [2.45, 2.75) is 97.7 Å². The van der Waals surface area contributed by atoms with Crippen LogP contribution in [0.4, 0.5) is 11.4 Å². The lowest BCUT2D eigenvalue weighted by Crippen LogP contribution is -2.33. The molecule has 6 heteroatoms. The van der Waals surface area contributed by atoms with Gasteiger partial charge in [-0.3, -0.25) is 0 Å². The predicted molar refractivity (Wildman–Crippen MR) is 275 cm³/mol. The molecule has 0 atom stereocenters. The van der Waals surface area contributed by atoms with Crippen molar-refractivity contribution in [3.05, 3.63) is 154 Å². The molecule has 5 aromatic carbocycles. The van der Waals surface area contributed by atoms with Gasteiger partial charge in [0, 0.05) is 51.7 Å². The quantitative estimate of drug-likeness (QED) is 0.131. The van der Waals surface area contributed by atoms with E-state index in [2.05, 4.69) is 175 Å². The first-order valence-electron chi connectivity index (χ1n) is 23.2. The summed E-state index contributed by atoms with van der Waals surface area (Å²) in [6.07, 6.45) is 5.81. The molecule has 0 amide bonds. The predicted octanol–water partition coefficient (Wildman–Crippen LogP) is 17.6. The molecule has 1 N–H and O–H groups in total. The van der Waals surface area contributed by atoms with Gasteiger partial charge in [0.15, 0.2) is 6.29 Å². The minimum atomic E-state index is -0.265. The second-order valence-electron chi connectivity index (χ2n) is 20.1. The summed E-state index contributed by atoms with van der Waals surface area (Å²) < 4.78 is 15.0. The maximum atomic E-state index is 6.17. The standard InChI is InChI=1S/C58H57NO2S3/c1-8-9-10-11-17-37-27-48(49-31-50-51(62-49)32-52(63-50)55-60-33-56(2,3)34-61-55)64-54(37)36-19-16-18-35(26-36)43-28-39(30-47-53(43)42-21-13-15-23-45(42)58(47,6)7)59-38-24-25-41-40-20-12-14-22-44(40)57(4,5)46(41)29-38/h12-16,18-32,55,59H,8-11,17,33-34H2,1-7H3. The van der Waals surface area contributed by atoms with Crippen molar-refractivity contribution in [1.82, 2.24) is 0 Å². The minimum absolute atomic E-state index is 0.0571. The molecule has 3 aliphatic rings. The zero-order valence-electron chi connectivity index (χ0n) is 38.1. The van der Waals surface area contributed by atoms with Crippen LogP contribution in [0.1, 0.15) is 113 Å².